The van der Waals surface area contributed by atoms with Crippen LogP contribution in [0.3, 0.4) is 0 Å². The van der Waals surface area contributed by atoms with Crippen molar-refractivity contribution in [2.45, 2.75) is 76.8 Å². The molecule has 222 valence electrons. The Bertz CT molecular complexity index is 1520. The SMILES string of the molecule is CC[C@@]1(c2cccc(Oc3cc(C(C)(c4cncn4C)N(C(N)=O)C(C)(C)C)ccc3C#N)c2)CCCCN(C)C1=O. The molecule has 1 unspecified atom stereocenters. The van der Waals surface area contributed by atoms with E-state index >= 15 is 0 Å². The number of ether oxygens (including phenoxy) is 1. The van der Waals surface area contributed by atoms with Gasteiger partial charge in [-0.15, -0.1) is 0 Å². The Balaban J connectivity index is 1.84. The predicted molar refractivity (Wildman–Crippen MR) is 162 cm³/mol. The van der Waals surface area contributed by atoms with Crippen molar-refractivity contribution in [2.24, 2.45) is 12.8 Å². The standard InChI is InChI=1S/C33H42N6O3/c1-8-33(16-9-10-17-37(6)29(33)40)25-12-11-13-26(18-25)42-27-19-24(15-14-23(27)20-34)32(5,28-21-36-22-38(28)7)39(30(35)41)31(2,3)4/h11-15,18-19,21-22H,8-10,16-17H2,1-7H3,(H2,35,41)/t32?,33-/m0/s1. The number of amides is 3. The van der Waals surface area contributed by atoms with Gasteiger partial charge in [0.15, 0.2) is 0 Å². The number of imidazole rings is 1. The van der Waals surface area contributed by atoms with E-state index in [0.29, 0.717) is 29.0 Å². The molecular formula is C33H42N6O3. The number of likely N-dealkylation sites (tertiary alicyclic amines) is 1. The van der Waals surface area contributed by atoms with Crippen molar-refractivity contribution in [1.82, 2.24) is 19.4 Å². The van der Waals surface area contributed by atoms with Crippen LogP contribution in [-0.4, -0.2) is 50.4 Å². The Labute approximate surface area is 248 Å². The number of primary amides is 1. The fourth-order valence-electron chi connectivity index (χ4n) is 6.58. The van der Waals surface area contributed by atoms with Gasteiger partial charge in [0.25, 0.3) is 0 Å². The zero-order valence-corrected chi connectivity index (χ0v) is 25.8. The predicted octanol–water partition coefficient (Wildman–Crippen LogP) is 5.82. The van der Waals surface area contributed by atoms with Crippen molar-refractivity contribution < 1.29 is 14.3 Å². The van der Waals surface area contributed by atoms with Crippen LogP contribution >= 0.6 is 0 Å². The molecule has 4 rings (SSSR count). The molecule has 0 bridgehead atoms. The molecule has 9 nitrogen and oxygen atoms in total. The van der Waals surface area contributed by atoms with Crippen LogP contribution < -0.4 is 10.5 Å². The molecule has 2 heterocycles. The number of hydrogen-bond acceptors (Lipinski definition) is 5. The lowest BCUT2D eigenvalue weighted by Gasteiger charge is -2.48. The summed E-state index contributed by atoms with van der Waals surface area (Å²) in [5.41, 5.74) is 6.38. The number of rotatable bonds is 7. The van der Waals surface area contributed by atoms with Crippen LogP contribution in [0.15, 0.2) is 55.0 Å². The van der Waals surface area contributed by atoms with Crippen LogP contribution in [-0.2, 0) is 22.8 Å². The van der Waals surface area contributed by atoms with Crippen LogP contribution in [0.4, 0.5) is 4.79 Å². The summed E-state index contributed by atoms with van der Waals surface area (Å²) in [4.78, 5) is 34.3. The van der Waals surface area contributed by atoms with Crippen molar-refractivity contribution in [3.05, 3.63) is 77.4 Å². The van der Waals surface area contributed by atoms with E-state index in [-0.39, 0.29) is 5.91 Å². The maximum absolute atomic E-state index is 13.6. The molecule has 3 amide bonds. The molecule has 1 fully saturated rings. The molecule has 1 aliphatic rings. The largest absolute Gasteiger partial charge is 0.456 e. The number of aromatic nitrogens is 2. The quantitative estimate of drug-likeness (QED) is 0.384. The first-order valence-corrected chi connectivity index (χ1v) is 14.4. The number of nitriles is 1. The number of nitrogens with two attached hydrogens (primary N) is 1. The van der Waals surface area contributed by atoms with Gasteiger partial charge in [-0.3, -0.25) is 4.79 Å². The number of nitrogens with zero attached hydrogens (tertiary/aromatic N) is 5. The highest BCUT2D eigenvalue weighted by Gasteiger charge is 2.46. The topological polar surface area (TPSA) is 117 Å². The summed E-state index contributed by atoms with van der Waals surface area (Å²) in [7, 11) is 3.74. The van der Waals surface area contributed by atoms with E-state index < -0.39 is 22.5 Å². The molecule has 1 aliphatic heterocycles. The molecule has 2 N–H and O–H groups in total. The molecule has 1 saturated heterocycles. The van der Waals surface area contributed by atoms with Crippen LogP contribution in [0.5, 0.6) is 11.5 Å². The number of aryl methyl sites for hydroxylation is 1. The molecule has 42 heavy (non-hydrogen) atoms. The fraction of sp³-hybridized carbons (Fsp3) is 0.455. The Morgan fingerprint density at radius 1 is 1.17 bits per heavy atom. The second-order valence-electron chi connectivity index (χ2n) is 12.4. The highest BCUT2D eigenvalue weighted by Crippen LogP contribution is 2.43. The minimum absolute atomic E-state index is 0.125. The lowest BCUT2D eigenvalue weighted by molar-refractivity contribution is -0.135. The zero-order chi connectivity index (χ0) is 30.9. The van der Waals surface area contributed by atoms with E-state index in [9.17, 15) is 14.9 Å². The van der Waals surface area contributed by atoms with Crippen molar-refractivity contribution in [1.29, 1.82) is 5.26 Å². The first-order valence-electron chi connectivity index (χ1n) is 14.4. The van der Waals surface area contributed by atoms with E-state index in [1.165, 1.54) is 0 Å². The van der Waals surface area contributed by atoms with Gasteiger partial charge in [-0.25, -0.2) is 9.78 Å². The number of urea groups is 1. The summed E-state index contributed by atoms with van der Waals surface area (Å²) < 4.78 is 8.28. The third-order valence-corrected chi connectivity index (χ3v) is 8.64. The van der Waals surface area contributed by atoms with E-state index in [1.807, 2.05) is 81.6 Å². The van der Waals surface area contributed by atoms with Crippen molar-refractivity contribution in [2.75, 3.05) is 13.6 Å². The molecule has 9 heteroatoms. The van der Waals surface area contributed by atoms with Crippen LogP contribution in [0.1, 0.15) is 82.7 Å². The molecule has 3 aromatic rings. The minimum atomic E-state index is -1.05. The lowest BCUT2D eigenvalue weighted by Crippen LogP contribution is -2.59. The zero-order valence-electron chi connectivity index (χ0n) is 25.8. The van der Waals surface area contributed by atoms with Gasteiger partial charge < -0.3 is 24.8 Å². The number of hydrogen-bond donors (Lipinski definition) is 1. The summed E-state index contributed by atoms with van der Waals surface area (Å²) in [5, 5.41) is 10.00. The Morgan fingerprint density at radius 3 is 2.50 bits per heavy atom. The highest BCUT2D eigenvalue weighted by atomic mass is 16.5. The fourth-order valence-corrected chi connectivity index (χ4v) is 6.58. The third-order valence-electron chi connectivity index (χ3n) is 8.64. The molecule has 2 aromatic carbocycles. The van der Waals surface area contributed by atoms with Gasteiger partial charge in [-0.1, -0.05) is 31.5 Å². The molecule has 0 saturated carbocycles. The van der Waals surface area contributed by atoms with Gasteiger partial charge >= 0.3 is 6.03 Å². The molecular weight excluding hydrogens is 528 g/mol. The molecule has 0 aliphatic carbocycles. The van der Waals surface area contributed by atoms with E-state index in [1.54, 1.807) is 29.6 Å². The number of likely N-dealkylation sites (N-methyl/N-ethyl adjacent to an activating group) is 1. The van der Waals surface area contributed by atoms with Crippen LogP contribution in [0.25, 0.3) is 0 Å². The number of carbonyl (C=O) groups is 2. The Hall–Kier alpha value is -4.32. The van der Waals surface area contributed by atoms with E-state index in [2.05, 4.69) is 18.0 Å². The van der Waals surface area contributed by atoms with Crippen molar-refractivity contribution >= 4 is 11.9 Å². The van der Waals surface area contributed by atoms with Gasteiger partial charge in [0.05, 0.1) is 29.2 Å². The second kappa shape index (κ2) is 11.5. The average Bonchev–Trinajstić information content (AvgIpc) is 3.32. The van der Waals surface area contributed by atoms with Gasteiger partial charge in [-0.05, 0) is 82.3 Å². The lowest BCUT2D eigenvalue weighted by atomic mass is 9.73. The smallest absolute Gasteiger partial charge is 0.316 e. The second-order valence-corrected chi connectivity index (χ2v) is 12.4. The third kappa shape index (κ3) is 5.34. The van der Waals surface area contributed by atoms with Gasteiger partial charge in [-0.2, -0.15) is 5.26 Å². The first-order chi connectivity index (χ1) is 19.8. The summed E-state index contributed by atoms with van der Waals surface area (Å²) in [6.45, 7) is 10.5. The summed E-state index contributed by atoms with van der Waals surface area (Å²) in [5.74, 6) is 0.993. The monoisotopic (exact) mass is 570 g/mol. The van der Waals surface area contributed by atoms with Crippen LogP contribution in [0.2, 0.25) is 0 Å². The van der Waals surface area contributed by atoms with Gasteiger partial charge in [0.1, 0.15) is 23.1 Å². The summed E-state index contributed by atoms with van der Waals surface area (Å²) >= 11 is 0. The highest BCUT2D eigenvalue weighted by molar-refractivity contribution is 5.88. The number of benzene rings is 2. The van der Waals surface area contributed by atoms with Crippen molar-refractivity contribution in [3.8, 4) is 17.6 Å². The summed E-state index contributed by atoms with van der Waals surface area (Å²) in [6.07, 6.45) is 6.79. The number of carbonyl (C=O) groups excluding carboxylic acids is 2. The molecule has 2 atom stereocenters. The summed E-state index contributed by atoms with van der Waals surface area (Å²) in [6, 6.07) is 14.6. The first kappa shape index (κ1) is 30.6. The maximum atomic E-state index is 13.6. The molecule has 1 aromatic heterocycles. The average molecular weight is 571 g/mol. The molecule has 0 spiro atoms. The van der Waals surface area contributed by atoms with Crippen molar-refractivity contribution in [3.63, 3.8) is 0 Å². The Morgan fingerprint density at radius 2 is 1.90 bits per heavy atom. The minimum Gasteiger partial charge on any atom is -0.456 e. The normalized spacial score (nSPS) is 19.0. The van der Waals surface area contributed by atoms with Crippen LogP contribution in [0, 0.1) is 11.3 Å². The van der Waals surface area contributed by atoms with Gasteiger partial charge in [0.2, 0.25) is 5.91 Å². The van der Waals surface area contributed by atoms with Gasteiger partial charge in [0, 0.05) is 26.2 Å². The maximum Gasteiger partial charge on any atom is 0.316 e. The molecule has 0 radical (unpaired) electrons. The Kier molecular flexibility index (Phi) is 8.40. The van der Waals surface area contributed by atoms with E-state index in [4.69, 9.17) is 10.5 Å². The van der Waals surface area contributed by atoms with E-state index in [0.717, 1.165) is 37.1 Å².